The molecular weight excluding hydrogens is 250 g/mol. The molecule has 0 fully saturated rings. The van der Waals surface area contributed by atoms with Crippen LogP contribution in [0.2, 0.25) is 0 Å². The number of anilines is 1. The Morgan fingerprint density at radius 1 is 1.25 bits per heavy atom. The molecule has 108 valence electrons. The molecule has 1 unspecified atom stereocenters. The zero-order valence-electron chi connectivity index (χ0n) is 12.6. The van der Waals surface area contributed by atoms with Crippen molar-refractivity contribution in [3.05, 3.63) is 36.5 Å². The largest absolute Gasteiger partial charge is 0.382 e. The Bertz CT molecular complexity index is 517. The number of benzene rings is 1. The fraction of sp³-hybridized carbons (Fsp3) is 0.438. The smallest absolute Gasteiger partial charge is 0.0650 e. The van der Waals surface area contributed by atoms with Crippen LogP contribution in [-0.2, 0) is 4.74 Å². The molecule has 0 aliphatic heterocycles. The molecule has 2 rings (SSSR count). The molecule has 0 bridgehead atoms. The van der Waals surface area contributed by atoms with Crippen molar-refractivity contribution >= 4 is 5.69 Å². The Hall–Kier alpha value is -1.81. The van der Waals surface area contributed by atoms with E-state index in [4.69, 9.17) is 4.74 Å². The Kier molecular flexibility index (Phi) is 4.45. The molecule has 4 nitrogen and oxygen atoms in total. The highest BCUT2D eigenvalue weighted by Crippen LogP contribution is 2.21. The number of rotatable bonds is 6. The average Bonchev–Trinajstić information content (AvgIpc) is 2.93. The highest BCUT2D eigenvalue weighted by atomic mass is 16.5. The van der Waals surface area contributed by atoms with Crippen LogP contribution in [0.25, 0.3) is 11.3 Å². The zero-order valence-corrected chi connectivity index (χ0v) is 12.6. The molecule has 1 heterocycles. The van der Waals surface area contributed by atoms with E-state index >= 15 is 0 Å². The van der Waals surface area contributed by atoms with E-state index in [9.17, 15) is 0 Å². The summed E-state index contributed by atoms with van der Waals surface area (Å²) in [4.78, 5) is 0. The minimum Gasteiger partial charge on any atom is -0.382 e. The van der Waals surface area contributed by atoms with Crippen LogP contribution in [0.1, 0.15) is 27.2 Å². The molecule has 0 saturated heterocycles. The molecule has 0 spiro atoms. The predicted octanol–water partition coefficient (Wildman–Crippen LogP) is 3.69. The van der Waals surface area contributed by atoms with Gasteiger partial charge in [0, 0.05) is 25.0 Å². The van der Waals surface area contributed by atoms with Crippen LogP contribution in [0.3, 0.4) is 0 Å². The number of ether oxygens (including phenoxy) is 1. The van der Waals surface area contributed by atoms with Gasteiger partial charge in [-0.05, 0) is 51.0 Å². The van der Waals surface area contributed by atoms with E-state index in [1.807, 2.05) is 6.07 Å². The maximum Gasteiger partial charge on any atom is 0.0650 e. The van der Waals surface area contributed by atoms with E-state index in [0.29, 0.717) is 6.04 Å². The molecule has 0 saturated carbocycles. The quantitative estimate of drug-likeness (QED) is 0.844. The van der Waals surface area contributed by atoms with E-state index in [1.54, 1.807) is 13.3 Å². The molecule has 0 aliphatic carbocycles. The average molecular weight is 273 g/mol. The number of aromatic nitrogens is 2. The molecule has 1 aromatic carbocycles. The normalized spacial score (nSPS) is 13.2. The van der Waals surface area contributed by atoms with Gasteiger partial charge >= 0.3 is 0 Å². The topological polar surface area (TPSA) is 49.9 Å². The van der Waals surface area contributed by atoms with Gasteiger partial charge in [-0.2, -0.15) is 5.10 Å². The zero-order chi connectivity index (χ0) is 14.6. The predicted molar refractivity (Wildman–Crippen MR) is 82.8 cm³/mol. The van der Waals surface area contributed by atoms with E-state index in [1.165, 1.54) is 0 Å². The van der Waals surface area contributed by atoms with Gasteiger partial charge in [-0.15, -0.1) is 0 Å². The second-order valence-corrected chi connectivity index (χ2v) is 5.76. The molecule has 4 heteroatoms. The van der Waals surface area contributed by atoms with Gasteiger partial charge in [0.05, 0.1) is 11.3 Å². The van der Waals surface area contributed by atoms with Gasteiger partial charge < -0.3 is 10.1 Å². The number of H-pyrrole nitrogens is 1. The summed E-state index contributed by atoms with van der Waals surface area (Å²) in [5.74, 6) is 0. The molecule has 1 atom stereocenters. The van der Waals surface area contributed by atoms with Gasteiger partial charge in [0.25, 0.3) is 0 Å². The maximum atomic E-state index is 5.46. The van der Waals surface area contributed by atoms with Crippen molar-refractivity contribution in [1.82, 2.24) is 10.2 Å². The third kappa shape index (κ3) is 3.84. The number of nitrogens with zero attached hydrogens (tertiary/aromatic N) is 1. The van der Waals surface area contributed by atoms with E-state index in [2.05, 4.69) is 60.6 Å². The Balaban J connectivity index is 1.97. The monoisotopic (exact) mass is 273 g/mol. The first-order valence-electron chi connectivity index (χ1n) is 6.92. The van der Waals surface area contributed by atoms with Gasteiger partial charge in [-0.3, -0.25) is 5.10 Å². The summed E-state index contributed by atoms with van der Waals surface area (Å²) >= 11 is 0. The lowest BCUT2D eigenvalue weighted by Crippen LogP contribution is -2.31. The van der Waals surface area contributed by atoms with Gasteiger partial charge in [0.2, 0.25) is 0 Å². The van der Waals surface area contributed by atoms with Crippen LogP contribution in [0.4, 0.5) is 5.69 Å². The van der Waals surface area contributed by atoms with E-state index in [0.717, 1.165) is 23.4 Å². The van der Waals surface area contributed by atoms with Crippen molar-refractivity contribution in [1.29, 1.82) is 0 Å². The summed E-state index contributed by atoms with van der Waals surface area (Å²) in [5, 5.41) is 10.4. The maximum absolute atomic E-state index is 5.46. The molecular formula is C16H23N3O. The third-order valence-corrected chi connectivity index (χ3v) is 3.46. The fourth-order valence-electron chi connectivity index (χ4n) is 2.32. The molecule has 0 amide bonds. The summed E-state index contributed by atoms with van der Waals surface area (Å²) in [6, 6.07) is 10.7. The second kappa shape index (κ2) is 6.09. The number of methoxy groups -OCH3 is 1. The SMILES string of the molecule is COC(C)(C)CC(C)Nc1ccc(-c2ccn[nH]2)cc1. The number of hydrogen-bond acceptors (Lipinski definition) is 3. The van der Waals surface area contributed by atoms with Gasteiger partial charge in [-0.1, -0.05) is 12.1 Å². The minimum atomic E-state index is -0.109. The van der Waals surface area contributed by atoms with Crippen molar-refractivity contribution in [2.24, 2.45) is 0 Å². The van der Waals surface area contributed by atoms with Crippen LogP contribution in [0.5, 0.6) is 0 Å². The van der Waals surface area contributed by atoms with Crippen LogP contribution < -0.4 is 5.32 Å². The van der Waals surface area contributed by atoms with Crippen molar-refractivity contribution < 1.29 is 4.74 Å². The number of hydrogen-bond donors (Lipinski definition) is 2. The summed E-state index contributed by atoms with van der Waals surface area (Å²) in [5.41, 5.74) is 3.18. The lowest BCUT2D eigenvalue weighted by molar-refractivity contribution is 0.0128. The van der Waals surface area contributed by atoms with Crippen LogP contribution in [0.15, 0.2) is 36.5 Å². The second-order valence-electron chi connectivity index (χ2n) is 5.76. The first kappa shape index (κ1) is 14.6. The van der Waals surface area contributed by atoms with E-state index < -0.39 is 0 Å². The van der Waals surface area contributed by atoms with Gasteiger partial charge in [0.1, 0.15) is 0 Å². The van der Waals surface area contributed by atoms with Crippen LogP contribution in [0, 0.1) is 0 Å². The molecule has 2 N–H and O–H groups in total. The molecule has 1 aromatic heterocycles. The standard InChI is InChI=1S/C16H23N3O/c1-12(11-16(2,3)20-4)18-14-7-5-13(6-8-14)15-9-10-17-19-15/h5-10,12,18H,11H2,1-4H3,(H,17,19). The first-order valence-corrected chi connectivity index (χ1v) is 6.92. The highest BCUT2D eigenvalue weighted by molar-refractivity contribution is 5.62. The van der Waals surface area contributed by atoms with Crippen molar-refractivity contribution in [3.63, 3.8) is 0 Å². The van der Waals surface area contributed by atoms with Crippen molar-refractivity contribution in [2.45, 2.75) is 38.8 Å². The molecule has 20 heavy (non-hydrogen) atoms. The third-order valence-electron chi connectivity index (χ3n) is 3.46. The minimum absolute atomic E-state index is 0.109. The van der Waals surface area contributed by atoms with Gasteiger partial charge in [-0.25, -0.2) is 0 Å². The molecule has 2 aromatic rings. The Morgan fingerprint density at radius 3 is 2.50 bits per heavy atom. The molecule has 0 radical (unpaired) electrons. The Morgan fingerprint density at radius 2 is 1.95 bits per heavy atom. The summed E-state index contributed by atoms with van der Waals surface area (Å²) in [6.07, 6.45) is 2.71. The summed E-state index contributed by atoms with van der Waals surface area (Å²) < 4.78 is 5.46. The molecule has 0 aliphatic rings. The van der Waals surface area contributed by atoms with E-state index in [-0.39, 0.29) is 5.60 Å². The van der Waals surface area contributed by atoms with Crippen LogP contribution >= 0.6 is 0 Å². The lowest BCUT2D eigenvalue weighted by atomic mass is 9.99. The van der Waals surface area contributed by atoms with Crippen LogP contribution in [-0.4, -0.2) is 29.0 Å². The lowest BCUT2D eigenvalue weighted by Gasteiger charge is -2.27. The number of nitrogens with one attached hydrogen (secondary N) is 2. The number of aromatic amines is 1. The fourth-order valence-corrected chi connectivity index (χ4v) is 2.32. The Labute approximate surface area is 120 Å². The summed E-state index contributed by atoms with van der Waals surface area (Å²) in [7, 11) is 1.76. The summed E-state index contributed by atoms with van der Waals surface area (Å²) in [6.45, 7) is 6.38. The van der Waals surface area contributed by atoms with Crippen molar-refractivity contribution in [3.8, 4) is 11.3 Å². The first-order chi connectivity index (χ1) is 9.50. The highest BCUT2D eigenvalue weighted by Gasteiger charge is 2.19. The van der Waals surface area contributed by atoms with Gasteiger partial charge in [0.15, 0.2) is 0 Å². The van der Waals surface area contributed by atoms with Crippen molar-refractivity contribution in [2.75, 3.05) is 12.4 Å².